The van der Waals surface area contributed by atoms with Crippen LogP contribution in [0.1, 0.15) is 11.1 Å². The second-order valence-corrected chi connectivity index (χ2v) is 3.82. The molecule has 2 rings (SSSR count). The maximum atomic E-state index is 5.37. The molecule has 0 radical (unpaired) electrons. The van der Waals surface area contributed by atoms with E-state index in [1.54, 1.807) is 0 Å². The minimum atomic E-state index is -0.0935. The number of nitrogens with one attached hydrogen (secondary N) is 1. The highest BCUT2D eigenvalue weighted by atomic mass is 16.7. The van der Waals surface area contributed by atoms with Gasteiger partial charge in [-0.05, 0) is 25.0 Å². The van der Waals surface area contributed by atoms with Gasteiger partial charge in [-0.2, -0.15) is 0 Å². The number of ether oxygens (including phenoxy) is 2. The molecular formula is C12H17NO2. The van der Waals surface area contributed by atoms with Gasteiger partial charge in [-0.1, -0.05) is 18.2 Å². The molecule has 3 nitrogen and oxygen atoms in total. The zero-order valence-corrected chi connectivity index (χ0v) is 9.25. The van der Waals surface area contributed by atoms with Crippen LogP contribution in [-0.4, -0.2) is 26.0 Å². The summed E-state index contributed by atoms with van der Waals surface area (Å²) in [6, 6.07) is 6.27. The van der Waals surface area contributed by atoms with Crippen molar-refractivity contribution < 1.29 is 9.47 Å². The Balaban J connectivity index is 1.97. The summed E-state index contributed by atoms with van der Waals surface area (Å²) in [4.78, 5) is 0. The summed E-state index contributed by atoms with van der Waals surface area (Å²) in [6.45, 7) is 6.33. The second-order valence-electron chi connectivity index (χ2n) is 3.82. The molecule has 0 spiro atoms. The fourth-order valence-electron chi connectivity index (χ4n) is 1.80. The fraction of sp³-hybridized carbons (Fsp3) is 0.500. The molecule has 0 saturated carbocycles. The Kier molecular flexibility index (Phi) is 3.23. The van der Waals surface area contributed by atoms with Crippen molar-refractivity contribution in [2.24, 2.45) is 0 Å². The summed E-state index contributed by atoms with van der Waals surface area (Å²) >= 11 is 0. The van der Waals surface area contributed by atoms with Crippen molar-refractivity contribution >= 4 is 5.69 Å². The van der Waals surface area contributed by atoms with Gasteiger partial charge < -0.3 is 14.8 Å². The van der Waals surface area contributed by atoms with Crippen molar-refractivity contribution in [3.63, 3.8) is 0 Å². The summed E-state index contributed by atoms with van der Waals surface area (Å²) < 4.78 is 10.7. The topological polar surface area (TPSA) is 30.5 Å². The van der Waals surface area contributed by atoms with E-state index < -0.39 is 0 Å². The Labute approximate surface area is 90.4 Å². The minimum absolute atomic E-state index is 0.0935. The first-order chi connectivity index (χ1) is 7.27. The van der Waals surface area contributed by atoms with E-state index >= 15 is 0 Å². The van der Waals surface area contributed by atoms with Crippen LogP contribution in [0, 0.1) is 13.8 Å². The van der Waals surface area contributed by atoms with E-state index in [2.05, 4.69) is 37.4 Å². The lowest BCUT2D eigenvalue weighted by atomic mass is 10.1. The molecule has 1 aliphatic heterocycles. The van der Waals surface area contributed by atoms with E-state index in [1.165, 1.54) is 16.8 Å². The van der Waals surface area contributed by atoms with Crippen LogP contribution in [-0.2, 0) is 9.47 Å². The first-order valence-corrected chi connectivity index (χ1v) is 5.30. The van der Waals surface area contributed by atoms with Crippen molar-refractivity contribution in [3.05, 3.63) is 29.3 Å². The lowest BCUT2D eigenvalue weighted by Gasteiger charge is -2.15. The molecule has 1 aromatic carbocycles. The minimum Gasteiger partial charge on any atom is -0.380 e. The molecule has 1 N–H and O–H groups in total. The molecule has 1 aromatic rings. The number of hydrogen-bond acceptors (Lipinski definition) is 3. The largest absolute Gasteiger partial charge is 0.380 e. The molecule has 0 bridgehead atoms. The van der Waals surface area contributed by atoms with Gasteiger partial charge in [0.15, 0.2) is 6.29 Å². The molecule has 0 amide bonds. The van der Waals surface area contributed by atoms with E-state index in [1.807, 2.05) is 0 Å². The zero-order valence-electron chi connectivity index (χ0n) is 9.25. The average Bonchev–Trinajstić information content (AvgIpc) is 2.70. The van der Waals surface area contributed by atoms with E-state index in [9.17, 15) is 0 Å². The number of anilines is 1. The van der Waals surface area contributed by atoms with Crippen LogP contribution in [0.2, 0.25) is 0 Å². The molecule has 1 heterocycles. The van der Waals surface area contributed by atoms with Gasteiger partial charge in [0.1, 0.15) is 0 Å². The van der Waals surface area contributed by atoms with Crippen LogP contribution in [0.3, 0.4) is 0 Å². The zero-order chi connectivity index (χ0) is 10.7. The van der Waals surface area contributed by atoms with Gasteiger partial charge in [-0.15, -0.1) is 0 Å². The van der Waals surface area contributed by atoms with Crippen LogP contribution >= 0.6 is 0 Å². The maximum Gasteiger partial charge on any atom is 0.174 e. The van der Waals surface area contributed by atoms with E-state index in [0.29, 0.717) is 19.8 Å². The van der Waals surface area contributed by atoms with Crippen LogP contribution in [0.15, 0.2) is 18.2 Å². The van der Waals surface area contributed by atoms with Crippen molar-refractivity contribution in [1.29, 1.82) is 0 Å². The first kappa shape index (κ1) is 10.5. The molecule has 0 aliphatic carbocycles. The number of para-hydroxylation sites is 1. The summed E-state index contributed by atoms with van der Waals surface area (Å²) in [7, 11) is 0. The highest BCUT2D eigenvalue weighted by Gasteiger charge is 2.15. The number of rotatable bonds is 3. The van der Waals surface area contributed by atoms with Gasteiger partial charge in [-0.25, -0.2) is 0 Å². The quantitative estimate of drug-likeness (QED) is 0.823. The highest BCUT2D eigenvalue weighted by Crippen LogP contribution is 2.19. The normalized spacial score (nSPS) is 16.9. The molecular weight excluding hydrogens is 190 g/mol. The molecule has 15 heavy (non-hydrogen) atoms. The SMILES string of the molecule is Cc1cccc(C)c1NCC1OCCO1. The molecule has 0 aromatic heterocycles. The van der Waals surface area contributed by atoms with Crippen molar-refractivity contribution in [2.45, 2.75) is 20.1 Å². The van der Waals surface area contributed by atoms with Gasteiger partial charge in [0, 0.05) is 5.69 Å². The average molecular weight is 207 g/mol. The Morgan fingerprint density at radius 1 is 1.20 bits per heavy atom. The Hall–Kier alpha value is -1.06. The molecule has 82 valence electrons. The molecule has 1 saturated heterocycles. The van der Waals surface area contributed by atoms with Gasteiger partial charge in [0.2, 0.25) is 0 Å². The van der Waals surface area contributed by atoms with Crippen LogP contribution in [0.4, 0.5) is 5.69 Å². The van der Waals surface area contributed by atoms with Gasteiger partial charge in [-0.3, -0.25) is 0 Å². The smallest absolute Gasteiger partial charge is 0.174 e. The molecule has 1 aliphatic rings. The lowest BCUT2D eigenvalue weighted by molar-refractivity contribution is -0.0299. The lowest BCUT2D eigenvalue weighted by Crippen LogP contribution is -2.21. The Bertz CT molecular complexity index is 312. The molecule has 0 atom stereocenters. The number of benzene rings is 1. The predicted molar refractivity (Wildman–Crippen MR) is 60.1 cm³/mol. The second kappa shape index (κ2) is 4.64. The van der Waals surface area contributed by atoms with E-state index in [4.69, 9.17) is 9.47 Å². The van der Waals surface area contributed by atoms with Gasteiger partial charge in [0.05, 0.1) is 19.8 Å². The van der Waals surface area contributed by atoms with Gasteiger partial charge in [0.25, 0.3) is 0 Å². The van der Waals surface area contributed by atoms with E-state index in [0.717, 1.165) is 0 Å². The van der Waals surface area contributed by atoms with Crippen LogP contribution in [0.5, 0.6) is 0 Å². The van der Waals surface area contributed by atoms with Crippen LogP contribution in [0.25, 0.3) is 0 Å². The van der Waals surface area contributed by atoms with Crippen molar-refractivity contribution in [3.8, 4) is 0 Å². The Morgan fingerprint density at radius 2 is 1.80 bits per heavy atom. The third-order valence-corrected chi connectivity index (χ3v) is 2.62. The summed E-state index contributed by atoms with van der Waals surface area (Å²) in [6.07, 6.45) is -0.0935. The molecule has 3 heteroatoms. The van der Waals surface area contributed by atoms with Crippen molar-refractivity contribution in [1.82, 2.24) is 0 Å². The number of hydrogen-bond donors (Lipinski definition) is 1. The first-order valence-electron chi connectivity index (χ1n) is 5.30. The summed E-state index contributed by atoms with van der Waals surface area (Å²) in [5.41, 5.74) is 3.71. The molecule has 1 fully saturated rings. The third-order valence-electron chi connectivity index (χ3n) is 2.62. The predicted octanol–water partition coefficient (Wildman–Crippen LogP) is 2.09. The summed E-state index contributed by atoms with van der Waals surface area (Å²) in [5, 5.41) is 3.37. The third kappa shape index (κ3) is 2.49. The van der Waals surface area contributed by atoms with Crippen molar-refractivity contribution in [2.75, 3.05) is 25.1 Å². The molecule has 0 unspecified atom stereocenters. The maximum absolute atomic E-state index is 5.37. The fourth-order valence-corrected chi connectivity index (χ4v) is 1.80. The Morgan fingerprint density at radius 3 is 2.40 bits per heavy atom. The van der Waals surface area contributed by atoms with E-state index in [-0.39, 0.29) is 6.29 Å². The number of aryl methyl sites for hydroxylation is 2. The standard InChI is InChI=1S/C12H17NO2/c1-9-4-3-5-10(2)12(9)13-8-11-14-6-7-15-11/h3-5,11,13H,6-8H2,1-2H3. The van der Waals surface area contributed by atoms with Crippen LogP contribution < -0.4 is 5.32 Å². The highest BCUT2D eigenvalue weighted by molar-refractivity contribution is 5.56. The van der Waals surface area contributed by atoms with Gasteiger partial charge >= 0.3 is 0 Å². The monoisotopic (exact) mass is 207 g/mol. The summed E-state index contributed by atoms with van der Waals surface area (Å²) in [5.74, 6) is 0.